The number of likely N-dealkylation sites (tertiary alicyclic amines) is 1. The Morgan fingerprint density at radius 2 is 2.08 bits per heavy atom. The number of carbonyl (C=O) groups excluding carboxylic acids is 2. The number of hydrogen-bond donors (Lipinski definition) is 2. The molecule has 0 spiro atoms. The van der Waals surface area contributed by atoms with Gasteiger partial charge in [0.25, 0.3) is 0 Å². The monoisotopic (exact) mass is 392 g/mol. The molecule has 2 N–H and O–H groups in total. The lowest BCUT2D eigenvalue weighted by Gasteiger charge is -2.25. The second kappa shape index (κ2) is 6.54. The lowest BCUT2D eigenvalue weighted by atomic mass is 9.90. The first-order chi connectivity index (χ1) is 12.1. The highest BCUT2D eigenvalue weighted by molar-refractivity contribution is 7.08. The molecule has 2 aliphatic rings. The summed E-state index contributed by atoms with van der Waals surface area (Å²) in [5, 5.41) is 4.37. The highest BCUT2D eigenvalue weighted by Crippen LogP contribution is 2.36. The number of nitrogens with zero attached hydrogens (tertiary/aromatic N) is 2. The van der Waals surface area contributed by atoms with Gasteiger partial charge in [-0.25, -0.2) is 5.43 Å². The third-order valence-electron chi connectivity index (χ3n) is 4.46. The van der Waals surface area contributed by atoms with Crippen LogP contribution in [-0.2, 0) is 9.59 Å². The molecule has 26 heavy (non-hydrogen) atoms. The molecule has 142 valence electrons. The Balaban J connectivity index is 1.87. The summed E-state index contributed by atoms with van der Waals surface area (Å²) in [5.74, 6) is -3.28. The van der Waals surface area contributed by atoms with E-state index in [1.807, 2.05) is 0 Å². The molecule has 1 aromatic heterocycles. The van der Waals surface area contributed by atoms with Crippen LogP contribution in [0.1, 0.15) is 0 Å². The largest absolute Gasteiger partial charge is 0.409 e. The summed E-state index contributed by atoms with van der Waals surface area (Å²) >= 11 is 0.788. The fraction of sp³-hybridized carbons (Fsp3) is 0.467. The van der Waals surface area contributed by atoms with Gasteiger partial charge in [-0.1, -0.05) is 0 Å². The van der Waals surface area contributed by atoms with Gasteiger partial charge in [0.15, 0.2) is 5.13 Å². The van der Waals surface area contributed by atoms with Crippen LogP contribution in [0.5, 0.6) is 0 Å². The Hall–Kier alpha value is -2.14. The van der Waals surface area contributed by atoms with E-state index < -0.39 is 41.0 Å². The molecule has 1 aromatic rings. The van der Waals surface area contributed by atoms with Crippen LogP contribution < -0.4 is 10.7 Å². The summed E-state index contributed by atoms with van der Waals surface area (Å²) < 4.78 is 52.5. The summed E-state index contributed by atoms with van der Waals surface area (Å²) in [6, 6.07) is -0.528. The Labute approximate surface area is 150 Å². The molecule has 11 heteroatoms. The fourth-order valence-electron chi connectivity index (χ4n) is 3.19. The fourth-order valence-corrected chi connectivity index (χ4v) is 3.76. The third kappa shape index (κ3) is 3.28. The molecule has 6 nitrogen and oxygen atoms in total. The van der Waals surface area contributed by atoms with Crippen molar-refractivity contribution in [1.82, 2.24) is 15.3 Å². The van der Waals surface area contributed by atoms with Crippen LogP contribution in [0.25, 0.3) is 0 Å². The van der Waals surface area contributed by atoms with Crippen LogP contribution in [0, 0.1) is 17.0 Å². The number of hydrazine groups is 1. The molecule has 3 atom stereocenters. The van der Waals surface area contributed by atoms with Crippen molar-refractivity contribution >= 4 is 28.8 Å². The van der Waals surface area contributed by atoms with Crippen LogP contribution in [-0.4, -0.2) is 54.6 Å². The van der Waals surface area contributed by atoms with Gasteiger partial charge in [-0.2, -0.15) is 17.6 Å². The SMILES string of the molecule is CN1C[C@H](C2=CC(C(F)(F)F)NN2C)[C@@H](C(=O)Nc2ccsc2F)C1=O. The van der Waals surface area contributed by atoms with Gasteiger partial charge in [0.1, 0.15) is 12.0 Å². The summed E-state index contributed by atoms with van der Waals surface area (Å²) in [7, 11) is 2.87. The average molecular weight is 392 g/mol. The number of alkyl halides is 3. The quantitative estimate of drug-likeness (QED) is 0.608. The van der Waals surface area contributed by atoms with Crippen LogP contribution in [0.15, 0.2) is 23.2 Å². The predicted molar refractivity (Wildman–Crippen MR) is 86.3 cm³/mol. The maximum Gasteiger partial charge on any atom is 0.409 e. The smallest absolute Gasteiger partial charge is 0.344 e. The molecule has 0 aromatic carbocycles. The van der Waals surface area contributed by atoms with Crippen LogP contribution in [0.4, 0.5) is 23.2 Å². The molecule has 3 rings (SSSR count). The maximum atomic E-state index is 13.6. The van der Waals surface area contributed by atoms with Gasteiger partial charge in [0.05, 0.1) is 5.69 Å². The van der Waals surface area contributed by atoms with Gasteiger partial charge < -0.3 is 15.2 Å². The van der Waals surface area contributed by atoms with E-state index in [-0.39, 0.29) is 17.9 Å². The van der Waals surface area contributed by atoms with E-state index in [2.05, 4.69) is 10.7 Å². The maximum absolute atomic E-state index is 13.6. The number of nitrogens with one attached hydrogen (secondary N) is 2. The van der Waals surface area contributed by atoms with Crippen molar-refractivity contribution in [2.75, 3.05) is 26.0 Å². The van der Waals surface area contributed by atoms with Crippen molar-refractivity contribution in [3.8, 4) is 0 Å². The highest BCUT2D eigenvalue weighted by atomic mass is 32.1. The lowest BCUT2D eigenvalue weighted by molar-refractivity contribution is -0.149. The minimum absolute atomic E-state index is 0.0545. The molecule has 0 saturated carbocycles. The average Bonchev–Trinajstić information content (AvgIpc) is 3.19. The first-order valence-corrected chi connectivity index (χ1v) is 8.54. The normalized spacial score (nSPS) is 26.5. The zero-order valence-corrected chi connectivity index (χ0v) is 14.6. The second-order valence-corrected chi connectivity index (χ2v) is 7.07. The van der Waals surface area contributed by atoms with Crippen molar-refractivity contribution in [2.45, 2.75) is 12.2 Å². The van der Waals surface area contributed by atoms with Gasteiger partial charge in [-0.15, -0.1) is 11.3 Å². The third-order valence-corrected chi connectivity index (χ3v) is 5.16. The number of anilines is 1. The summed E-state index contributed by atoms with van der Waals surface area (Å²) in [5.41, 5.74) is 2.41. The van der Waals surface area contributed by atoms with Crippen molar-refractivity contribution in [3.05, 3.63) is 28.4 Å². The van der Waals surface area contributed by atoms with Crippen molar-refractivity contribution in [3.63, 3.8) is 0 Å². The van der Waals surface area contributed by atoms with Gasteiger partial charge >= 0.3 is 6.18 Å². The summed E-state index contributed by atoms with van der Waals surface area (Å²) in [4.78, 5) is 26.2. The highest BCUT2D eigenvalue weighted by Gasteiger charge is 2.50. The number of thiophene rings is 1. The van der Waals surface area contributed by atoms with Gasteiger partial charge in [0, 0.05) is 32.3 Å². The van der Waals surface area contributed by atoms with Crippen molar-refractivity contribution in [2.24, 2.45) is 11.8 Å². The number of hydrogen-bond acceptors (Lipinski definition) is 5. The molecule has 0 bridgehead atoms. The topological polar surface area (TPSA) is 64.7 Å². The first-order valence-electron chi connectivity index (χ1n) is 7.66. The Morgan fingerprint density at radius 1 is 1.38 bits per heavy atom. The molecular weight excluding hydrogens is 376 g/mol. The van der Waals surface area contributed by atoms with E-state index >= 15 is 0 Å². The van der Waals surface area contributed by atoms with E-state index in [1.54, 1.807) is 0 Å². The molecule has 3 heterocycles. The predicted octanol–water partition coefficient (Wildman–Crippen LogP) is 1.79. The molecule has 1 saturated heterocycles. The number of rotatable bonds is 3. The van der Waals surface area contributed by atoms with E-state index in [1.165, 1.54) is 35.5 Å². The van der Waals surface area contributed by atoms with E-state index in [0.717, 1.165) is 17.4 Å². The van der Waals surface area contributed by atoms with Crippen LogP contribution >= 0.6 is 11.3 Å². The van der Waals surface area contributed by atoms with E-state index in [4.69, 9.17) is 0 Å². The van der Waals surface area contributed by atoms with Gasteiger partial charge in [-0.3, -0.25) is 9.59 Å². The standard InChI is InChI=1S/C15H16F4N4O2S/c1-22-6-7(9-5-10(15(17,18)19)21-23(9)2)11(14(22)25)13(24)20-8-3-4-26-12(8)16/h3-5,7,10-11,21H,6H2,1-2H3,(H,20,24)/t7-,10?,11+/m1/s1. The minimum atomic E-state index is -4.50. The Bertz CT molecular complexity index is 763. The van der Waals surface area contributed by atoms with Gasteiger partial charge in [-0.05, 0) is 17.5 Å². The number of carbonyl (C=O) groups is 2. The zero-order valence-electron chi connectivity index (χ0n) is 13.8. The molecule has 2 amide bonds. The van der Waals surface area contributed by atoms with Crippen molar-refractivity contribution in [1.29, 1.82) is 0 Å². The summed E-state index contributed by atoms with van der Waals surface area (Å²) in [6.45, 7) is 0.0888. The van der Waals surface area contributed by atoms with Crippen LogP contribution in [0.2, 0.25) is 0 Å². The number of amides is 2. The van der Waals surface area contributed by atoms with Crippen LogP contribution in [0.3, 0.4) is 0 Å². The molecule has 0 radical (unpaired) electrons. The summed E-state index contributed by atoms with van der Waals surface area (Å²) in [6.07, 6.45) is -3.52. The first kappa shape index (κ1) is 18.6. The lowest BCUT2D eigenvalue weighted by Crippen LogP contribution is -2.44. The Morgan fingerprint density at radius 3 is 2.62 bits per heavy atom. The Kier molecular flexibility index (Phi) is 4.69. The number of halogens is 4. The second-order valence-electron chi connectivity index (χ2n) is 6.20. The molecular formula is C15H16F4N4O2S. The molecule has 1 unspecified atom stereocenters. The minimum Gasteiger partial charge on any atom is -0.344 e. The van der Waals surface area contributed by atoms with E-state index in [0.29, 0.717) is 0 Å². The molecule has 1 fully saturated rings. The zero-order chi connectivity index (χ0) is 19.2. The van der Waals surface area contributed by atoms with Gasteiger partial charge in [0.2, 0.25) is 11.8 Å². The van der Waals surface area contributed by atoms with E-state index in [9.17, 15) is 27.2 Å². The van der Waals surface area contributed by atoms with Crippen molar-refractivity contribution < 1.29 is 27.2 Å². The molecule has 0 aliphatic carbocycles. The molecule has 2 aliphatic heterocycles.